The van der Waals surface area contributed by atoms with Crippen LogP contribution in [0.25, 0.3) is 0 Å². The van der Waals surface area contributed by atoms with Crippen LogP contribution in [0.15, 0.2) is 42.0 Å². The smallest absolute Gasteiger partial charge is 0.314 e. The number of carboxylic acids is 1. The molecule has 1 aromatic carbocycles. The van der Waals surface area contributed by atoms with Crippen molar-refractivity contribution in [2.24, 2.45) is 0 Å². The SMILES string of the molecule is C[C@@](O)(C1=CCCCC1)[C@H](C(=O)O)c1ccccc1. The topological polar surface area (TPSA) is 57.5 Å². The number of carboxylic acid groups (broad SMARTS) is 1. The predicted molar refractivity (Wildman–Crippen MR) is 74.0 cm³/mol. The maximum atomic E-state index is 11.6. The molecule has 0 saturated carbocycles. The third-order valence-electron chi connectivity index (χ3n) is 3.88. The van der Waals surface area contributed by atoms with Gasteiger partial charge >= 0.3 is 5.97 Å². The van der Waals surface area contributed by atoms with Gasteiger partial charge < -0.3 is 10.2 Å². The average molecular weight is 260 g/mol. The highest BCUT2D eigenvalue weighted by Crippen LogP contribution is 2.38. The van der Waals surface area contributed by atoms with Crippen molar-refractivity contribution in [1.82, 2.24) is 0 Å². The molecular formula is C16H20O3. The Hall–Kier alpha value is -1.61. The third-order valence-corrected chi connectivity index (χ3v) is 3.88. The summed E-state index contributed by atoms with van der Waals surface area (Å²) < 4.78 is 0. The van der Waals surface area contributed by atoms with Crippen LogP contribution in [-0.2, 0) is 4.79 Å². The summed E-state index contributed by atoms with van der Waals surface area (Å²) in [5.41, 5.74) is 0.176. The van der Waals surface area contributed by atoms with Gasteiger partial charge in [-0.2, -0.15) is 0 Å². The van der Waals surface area contributed by atoms with Crippen LogP contribution in [0.5, 0.6) is 0 Å². The van der Waals surface area contributed by atoms with Crippen molar-refractivity contribution in [3.8, 4) is 0 Å². The molecule has 0 radical (unpaired) electrons. The Morgan fingerprint density at radius 2 is 1.95 bits per heavy atom. The fourth-order valence-electron chi connectivity index (χ4n) is 2.84. The number of benzene rings is 1. The first-order valence-electron chi connectivity index (χ1n) is 6.73. The summed E-state index contributed by atoms with van der Waals surface area (Å²) in [5.74, 6) is -1.90. The largest absolute Gasteiger partial charge is 0.481 e. The van der Waals surface area contributed by atoms with Crippen LogP contribution < -0.4 is 0 Å². The van der Waals surface area contributed by atoms with Crippen molar-refractivity contribution in [3.63, 3.8) is 0 Å². The molecule has 1 aliphatic carbocycles. The number of aliphatic hydroxyl groups is 1. The summed E-state index contributed by atoms with van der Waals surface area (Å²) >= 11 is 0. The Kier molecular flexibility index (Phi) is 4.05. The van der Waals surface area contributed by atoms with Gasteiger partial charge in [0.25, 0.3) is 0 Å². The number of hydrogen-bond acceptors (Lipinski definition) is 2. The first-order valence-corrected chi connectivity index (χ1v) is 6.73. The first kappa shape index (κ1) is 13.8. The van der Waals surface area contributed by atoms with Gasteiger partial charge in [0.2, 0.25) is 0 Å². The van der Waals surface area contributed by atoms with Crippen LogP contribution in [0, 0.1) is 0 Å². The molecule has 0 saturated heterocycles. The molecule has 0 aromatic heterocycles. The Morgan fingerprint density at radius 3 is 2.47 bits per heavy atom. The molecule has 3 heteroatoms. The summed E-state index contributed by atoms with van der Waals surface area (Å²) in [6, 6.07) is 8.97. The lowest BCUT2D eigenvalue weighted by Gasteiger charge is -2.34. The molecule has 0 fully saturated rings. The number of aliphatic carboxylic acids is 1. The monoisotopic (exact) mass is 260 g/mol. The second-order valence-electron chi connectivity index (χ2n) is 5.30. The number of carbonyl (C=O) groups is 1. The van der Waals surface area contributed by atoms with Crippen molar-refractivity contribution < 1.29 is 15.0 Å². The lowest BCUT2D eigenvalue weighted by Crippen LogP contribution is -2.40. The molecule has 0 amide bonds. The Morgan fingerprint density at radius 1 is 1.26 bits per heavy atom. The van der Waals surface area contributed by atoms with Crippen LogP contribution in [-0.4, -0.2) is 21.8 Å². The van der Waals surface area contributed by atoms with Crippen LogP contribution >= 0.6 is 0 Å². The van der Waals surface area contributed by atoms with Gasteiger partial charge in [0.15, 0.2) is 0 Å². The van der Waals surface area contributed by atoms with Gasteiger partial charge in [-0.15, -0.1) is 0 Å². The second kappa shape index (κ2) is 5.57. The molecule has 1 aliphatic rings. The van der Waals surface area contributed by atoms with Crippen molar-refractivity contribution in [2.45, 2.75) is 44.1 Å². The molecule has 3 nitrogen and oxygen atoms in total. The molecule has 2 atom stereocenters. The fourth-order valence-corrected chi connectivity index (χ4v) is 2.84. The standard InChI is InChI=1S/C16H20O3/c1-16(19,13-10-6-3-7-11-13)14(15(17)18)12-8-4-2-5-9-12/h2,4-5,8-10,14,19H,3,6-7,11H2,1H3,(H,17,18)/t14-,16+/m0/s1. The van der Waals surface area contributed by atoms with E-state index in [1.165, 1.54) is 0 Å². The molecule has 2 rings (SSSR count). The molecule has 102 valence electrons. The molecule has 0 heterocycles. The Bertz CT molecular complexity index is 474. The molecule has 0 bridgehead atoms. The maximum absolute atomic E-state index is 11.6. The quantitative estimate of drug-likeness (QED) is 0.818. The van der Waals surface area contributed by atoms with E-state index in [1.807, 2.05) is 12.1 Å². The van der Waals surface area contributed by atoms with Gasteiger partial charge in [0, 0.05) is 0 Å². The van der Waals surface area contributed by atoms with E-state index in [0.29, 0.717) is 5.56 Å². The zero-order valence-corrected chi connectivity index (χ0v) is 11.2. The van der Waals surface area contributed by atoms with Crippen LogP contribution in [0.1, 0.15) is 44.1 Å². The zero-order chi connectivity index (χ0) is 13.9. The van der Waals surface area contributed by atoms with Crippen molar-refractivity contribution >= 4 is 5.97 Å². The lowest BCUT2D eigenvalue weighted by atomic mass is 9.75. The van der Waals surface area contributed by atoms with Crippen LogP contribution in [0.2, 0.25) is 0 Å². The van der Waals surface area contributed by atoms with Crippen LogP contribution in [0.3, 0.4) is 0 Å². The van der Waals surface area contributed by atoms with Gasteiger partial charge in [-0.3, -0.25) is 4.79 Å². The Balaban J connectivity index is 2.38. The minimum atomic E-state index is -1.33. The summed E-state index contributed by atoms with van der Waals surface area (Å²) in [5, 5.41) is 20.3. The first-order chi connectivity index (χ1) is 9.03. The van der Waals surface area contributed by atoms with Crippen molar-refractivity contribution in [3.05, 3.63) is 47.5 Å². The van der Waals surface area contributed by atoms with E-state index in [-0.39, 0.29) is 0 Å². The molecular weight excluding hydrogens is 240 g/mol. The summed E-state index contributed by atoms with van der Waals surface area (Å²) in [7, 11) is 0. The number of allylic oxidation sites excluding steroid dienone is 1. The number of rotatable bonds is 4. The van der Waals surface area contributed by atoms with Crippen molar-refractivity contribution in [1.29, 1.82) is 0 Å². The molecule has 2 N–H and O–H groups in total. The van der Waals surface area contributed by atoms with Crippen molar-refractivity contribution in [2.75, 3.05) is 0 Å². The summed E-state index contributed by atoms with van der Waals surface area (Å²) in [4.78, 5) is 11.6. The minimum Gasteiger partial charge on any atom is -0.481 e. The molecule has 0 aliphatic heterocycles. The minimum absolute atomic E-state index is 0.645. The summed E-state index contributed by atoms with van der Waals surface area (Å²) in [6.07, 6.45) is 5.84. The fraction of sp³-hybridized carbons (Fsp3) is 0.438. The highest BCUT2D eigenvalue weighted by Gasteiger charge is 2.41. The second-order valence-corrected chi connectivity index (χ2v) is 5.30. The van der Waals surface area contributed by atoms with E-state index in [0.717, 1.165) is 31.3 Å². The highest BCUT2D eigenvalue weighted by molar-refractivity contribution is 5.78. The maximum Gasteiger partial charge on any atom is 0.314 e. The van der Waals surface area contributed by atoms with E-state index < -0.39 is 17.5 Å². The molecule has 0 spiro atoms. The average Bonchev–Trinajstić information content (AvgIpc) is 2.40. The normalized spacial score (nSPS) is 20.2. The van der Waals surface area contributed by atoms with Gasteiger partial charge in [0.1, 0.15) is 11.5 Å². The van der Waals surface area contributed by atoms with Crippen LogP contribution in [0.4, 0.5) is 0 Å². The van der Waals surface area contributed by atoms with Gasteiger partial charge in [-0.1, -0.05) is 36.4 Å². The van der Waals surface area contributed by atoms with E-state index in [2.05, 4.69) is 0 Å². The molecule has 0 unspecified atom stereocenters. The number of hydrogen-bond donors (Lipinski definition) is 2. The molecule has 1 aromatic rings. The van der Waals surface area contributed by atoms with E-state index in [1.54, 1.807) is 31.2 Å². The van der Waals surface area contributed by atoms with Gasteiger partial charge in [-0.25, -0.2) is 0 Å². The van der Waals surface area contributed by atoms with E-state index >= 15 is 0 Å². The van der Waals surface area contributed by atoms with Gasteiger partial charge in [0.05, 0.1) is 0 Å². The molecule has 19 heavy (non-hydrogen) atoms. The lowest BCUT2D eigenvalue weighted by molar-refractivity contribution is -0.143. The van der Waals surface area contributed by atoms with E-state index in [9.17, 15) is 15.0 Å². The van der Waals surface area contributed by atoms with Gasteiger partial charge in [-0.05, 0) is 43.7 Å². The van der Waals surface area contributed by atoms with E-state index in [4.69, 9.17) is 0 Å². The zero-order valence-electron chi connectivity index (χ0n) is 11.2. The summed E-state index contributed by atoms with van der Waals surface area (Å²) in [6.45, 7) is 1.62. The third kappa shape index (κ3) is 2.87. The Labute approximate surface area is 113 Å². The highest BCUT2D eigenvalue weighted by atomic mass is 16.4. The predicted octanol–water partition coefficient (Wildman–Crippen LogP) is 3.11.